The van der Waals surface area contributed by atoms with Crippen molar-refractivity contribution in [1.29, 1.82) is 0 Å². The molecule has 0 bridgehead atoms. The molecule has 0 aromatic heterocycles. The van der Waals surface area contributed by atoms with Crippen LogP contribution in [0.25, 0.3) is 87.6 Å². The minimum atomic E-state index is -0.585. The molecule has 0 heteroatoms. The molecule has 9 aromatic carbocycles. The van der Waals surface area contributed by atoms with E-state index in [-0.39, 0.29) is 79.6 Å². The Balaban J connectivity index is 1.55. The number of hydrogen-bond acceptors (Lipinski definition) is 0. The molecule has 46 heavy (non-hydrogen) atoms. The molecule has 9 aromatic rings. The van der Waals surface area contributed by atoms with Gasteiger partial charge in [-0.05, 0) is 99.7 Å². The van der Waals surface area contributed by atoms with Gasteiger partial charge in [-0.1, -0.05) is 170 Å². The molecule has 0 radical (unpaired) electrons. The second-order valence-electron chi connectivity index (χ2n) is 11.2. The summed E-state index contributed by atoms with van der Waals surface area (Å²) in [6.07, 6.45) is 0. The molecule has 0 saturated carbocycles. The van der Waals surface area contributed by atoms with Crippen molar-refractivity contribution < 1.29 is 15.1 Å². The summed E-state index contributed by atoms with van der Waals surface area (Å²) >= 11 is 0. The van der Waals surface area contributed by atoms with Gasteiger partial charge in [0, 0.05) is 0 Å². The van der Waals surface area contributed by atoms with Crippen LogP contribution in [0.3, 0.4) is 0 Å². The SMILES string of the molecule is [2H]c1c([2H])c(-c2c3c([2H])c([2H])c([2H])c([2H])c3c(-c3cccc4ccccc34)c3c([2H])c([2H])c(-c4ccccc4)c([2H])c23)c([2H])c([2H])c1-c1ccc2ccccc2c1. The van der Waals surface area contributed by atoms with E-state index < -0.39 is 36.3 Å². The lowest BCUT2D eigenvalue weighted by atomic mass is 9.83. The second kappa shape index (κ2) is 10.9. The summed E-state index contributed by atoms with van der Waals surface area (Å²) in [6, 6.07) is 30.0. The van der Waals surface area contributed by atoms with Gasteiger partial charge < -0.3 is 0 Å². The lowest BCUT2D eigenvalue weighted by molar-refractivity contribution is 1.62. The van der Waals surface area contributed by atoms with Crippen molar-refractivity contribution in [1.82, 2.24) is 0 Å². The zero-order valence-electron chi connectivity index (χ0n) is 35.5. The smallest absolute Gasteiger partial charge is 0.0622 e. The quantitative estimate of drug-likeness (QED) is 0.178. The van der Waals surface area contributed by atoms with Gasteiger partial charge in [0.1, 0.15) is 0 Å². The normalized spacial score (nSPS) is 14.8. The van der Waals surface area contributed by atoms with Crippen LogP contribution in [-0.2, 0) is 0 Å². The first kappa shape index (κ1) is 17.5. The molecule has 0 N–H and O–H groups in total. The van der Waals surface area contributed by atoms with Crippen molar-refractivity contribution >= 4 is 43.1 Å². The van der Waals surface area contributed by atoms with Crippen molar-refractivity contribution in [2.45, 2.75) is 0 Å². The Hall–Kier alpha value is -5.98. The highest BCUT2D eigenvalue weighted by molar-refractivity contribution is 6.24. The van der Waals surface area contributed by atoms with Crippen molar-refractivity contribution in [2.24, 2.45) is 0 Å². The minimum absolute atomic E-state index is 0.0184. The maximum absolute atomic E-state index is 9.91. The molecule has 0 amide bonds. The van der Waals surface area contributed by atoms with E-state index in [2.05, 4.69) is 0 Å². The third-order valence-corrected chi connectivity index (χ3v) is 8.53. The number of hydrogen-bond donors (Lipinski definition) is 0. The molecule has 214 valence electrons. The fourth-order valence-electron chi connectivity index (χ4n) is 6.36. The van der Waals surface area contributed by atoms with Gasteiger partial charge in [0.05, 0.1) is 15.1 Å². The molecule has 0 unspecified atom stereocenters. The van der Waals surface area contributed by atoms with E-state index in [0.29, 0.717) is 22.1 Å². The molecule has 0 nitrogen and oxygen atoms in total. The van der Waals surface area contributed by atoms with E-state index in [1.165, 1.54) is 0 Å². The topological polar surface area (TPSA) is 0 Å². The predicted octanol–water partition coefficient (Wildman–Crippen LogP) is 13.0. The summed E-state index contributed by atoms with van der Waals surface area (Å²) in [5.74, 6) is 0. The summed E-state index contributed by atoms with van der Waals surface area (Å²) in [4.78, 5) is 0. The molecule has 0 saturated heterocycles. The molecule has 0 heterocycles. The van der Waals surface area contributed by atoms with Gasteiger partial charge in [-0.2, -0.15) is 0 Å². The van der Waals surface area contributed by atoms with Crippen LogP contribution in [0, 0.1) is 0 Å². The summed E-state index contributed by atoms with van der Waals surface area (Å²) in [5.41, 5.74) is 1.36. The fourth-order valence-corrected chi connectivity index (χ4v) is 6.36. The summed E-state index contributed by atoms with van der Waals surface area (Å²) in [5, 5.41) is 3.18. The highest BCUT2D eigenvalue weighted by atomic mass is 14.2. The molecule has 0 spiro atoms. The standard InChI is InChI=1S/C46H30/c1-2-11-31(12-3-1)38-27-28-43-44(30-38)45(35-24-21-33(22-25-35)37-26-23-32-13-4-5-15-36(32)29-37)41-18-8-9-19-42(41)46(43)40-20-10-16-34-14-6-7-17-39(34)40/h1-30H/i8D,9D,18D,19D,21D,22D,24D,25D,27D,28D,30D. The maximum atomic E-state index is 9.91. The van der Waals surface area contributed by atoms with Crippen molar-refractivity contribution in [2.75, 3.05) is 0 Å². The van der Waals surface area contributed by atoms with Gasteiger partial charge in [-0.15, -0.1) is 0 Å². The van der Waals surface area contributed by atoms with E-state index in [9.17, 15) is 12.3 Å². The van der Waals surface area contributed by atoms with Crippen molar-refractivity contribution in [3.63, 3.8) is 0 Å². The van der Waals surface area contributed by atoms with Crippen molar-refractivity contribution in [3.8, 4) is 44.5 Å². The maximum Gasteiger partial charge on any atom is 0.0636 e. The van der Waals surface area contributed by atoms with Gasteiger partial charge in [0.15, 0.2) is 0 Å². The summed E-state index contributed by atoms with van der Waals surface area (Å²) in [7, 11) is 0. The average molecular weight is 594 g/mol. The number of benzene rings is 9. The Bertz CT molecular complexity index is 3160. The first-order valence-electron chi connectivity index (χ1n) is 20.5. The van der Waals surface area contributed by atoms with Crippen LogP contribution in [0.2, 0.25) is 0 Å². The first-order chi connectivity index (χ1) is 27.4. The van der Waals surface area contributed by atoms with Gasteiger partial charge in [-0.25, -0.2) is 0 Å². The van der Waals surface area contributed by atoms with Gasteiger partial charge in [0.25, 0.3) is 0 Å². The van der Waals surface area contributed by atoms with E-state index in [1.807, 2.05) is 60.7 Å². The van der Waals surface area contributed by atoms with Crippen molar-refractivity contribution in [3.05, 3.63) is 182 Å². The lowest BCUT2D eigenvalue weighted by Gasteiger charge is -2.20. The number of rotatable bonds is 4. The van der Waals surface area contributed by atoms with Crippen LogP contribution in [0.4, 0.5) is 0 Å². The fraction of sp³-hybridized carbons (Fsp3) is 0. The third-order valence-electron chi connectivity index (χ3n) is 8.53. The zero-order chi connectivity index (χ0) is 40.0. The van der Waals surface area contributed by atoms with E-state index >= 15 is 0 Å². The Kier molecular flexibility index (Phi) is 4.14. The molecular formula is C46H30. The molecule has 0 aliphatic carbocycles. The molecule has 0 aliphatic heterocycles. The largest absolute Gasteiger partial charge is 0.0636 e. The third kappa shape index (κ3) is 4.38. The monoisotopic (exact) mass is 593 g/mol. The van der Waals surface area contributed by atoms with Crippen LogP contribution in [-0.4, -0.2) is 0 Å². The summed E-state index contributed by atoms with van der Waals surface area (Å²) in [6.45, 7) is 0. The molecule has 0 atom stereocenters. The minimum Gasteiger partial charge on any atom is -0.0622 e. The summed E-state index contributed by atoms with van der Waals surface area (Å²) < 4.78 is 103. The molecule has 9 rings (SSSR count). The zero-order valence-corrected chi connectivity index (χ0v) is 24.5. The first-order valence-corrected chi connectivity index (χ1v) is 15.0. The van der Waals surface area contributed by atoms with E-state index in [4.69, 9.17) is 2.74 Å². The Labute approximate surface area is 284 Å². The average Bonchev–Trinajstić information content (AvgIpc) is 3.23. The Morgan fingerprint density at radius 2 is 0.957 bits per heavy atom. The molecule has 0 fully saturated rings. The number of fused-ring (bicyclic) bond motifs is 4. The van der Waals surface area contributed by atoms with Crippen LogP contribution in [0.5, 0.6) is 0 Å². The highest BCUT2D eigenvalue weighted by Crippen LogP contribution is 2.46. The van der Waals surface area contributed by atoms with E-state index in [1.54, 1.807) is 54.6 Å². The lowest BCUT2D eigenvalue weighted by Crippen LogP contribution is -1.92. The van der Waals surface area contributed by atoms with Crippen LogP contribution in [0.1, 0.15) is 15.1 Å². The molecule has 0 aliphatic rings. The highest BCUT2D eigenvalue weighted by Gasteiger charge is 2.19. The van der Waals surface area contributed by atoms with Gasteiger partial charge in [0.2, 0.25) is 0 Å². The van der Waals surface area contributed by atoms with Crippen LogP contribution < -0.4 is 0 Å². The van der Waals surface area contributed by atoms with E-state index in [0.717, 1.165) is 16.2 Å². The Morgan fingerprint density at radius 1 is 0.326 bits per heavy atom. The van der Waals surface area contributed by atoms with Crippen LogP contribution >= 0.6 is 0 Å². The predicted molar refractivity (Wildman–Crippen MR) is 198 cm³/mol. The van der Waals surface area contributed by atoms with Gasteiger partial charge >= 0.3 is 0 Å². The van der Waals surface area contributed by atoms with Crippen LogP contribution in [0.15, 0.2) is 182 Å². The molecular weight excluding hydrogens is 553 g/mol. The Morgan fingerprint density at radius 3 is 1.78 bits per heavy atom. The second-order valence-corrected chi connectivity index (χ2v) is 11.2. The van der Waals surface area contributed by atoms with Gasteiger partial charge in [-0.3, -0.25) is 0 Å².